The van der Waals surface area contributed by atoms with Crippen molar-refractivity contribution in [3.05, 3.63) is 29.8 Å². The van der Waals surface area contributed by atoms with Gasteiger partial charge in [-0.25, -0.2) is 4.79 Å². The van der Waals surface area contributed by atoms with Gasteiger partial charge in [-0.1, -0.05) is 0 Å². The minimum Gasteiger partial charge on any atom is -0.465 e. The lowest BCUT2D eigenvalue weighted by molar-refractivity contribution is 0.0600. The first kappa shape index (κ1) is 15.5. The third kappa shape index (κ3) is 3.41. The van der Waals surface area contributed by atoms with E-state index in [1.165, 1.54) is 31.4 Å². The minimum absolute atomic E-state index is 0.0746. The molecule has 1 heterocycles. The van der Waals surface area contributed by atoms with Crippen molar-refractivity contribution in [1.29, 1.82) is 0 Å². The summed E-state index contributed by atoms with van der Waals surface area (Å²) in [4.78, 5) is 13.4. The molecule has 0 bridgehead atoms. The largest absolute Gasteiger partial charge is 0.465 e. The Hall–Kier alpha value is -1.89. The average molecular weight is 310 g/mol. The van der Waals surface area contributed by atoms with Crippen LogP contribution in [0, 0.1) is 0 Å². The molecule has 0 unspecified atom stereocenters. The van der Waals surface area contributed by atoms with Crippen molar-refractivity contribution < 1.29 is 17.9 Å². The molecule has 21 heavy (non-hydrogen) atoms. The number of carbonyl (C=O) groups excluding carboxylic acids is 1. The first-order valence-corrected chi connectivity index (χ1v) is 8.19. The summed E-state index contributed by atoms with van der Waals surface area (Å²) in [7, 11) is -2.47. The summed E-state index contributed by atoms with van der Waals surface area (Å²) in [5.41, 5.74) is 0.306. The highest BCUT2D eigenvalue weighted by Gasteiger charge is 2.21. The quantitative estimate of drug-likeness (QED) is 0.791. The van der Waals surface area contributed by atoms with Crippen molar-refractivity contribution in [3.8, 4) is 0 Å². The summed E-state index contributed by atoms with van der Waals surface area (Å²) in [6.07, 6.45) is 1.59. The molecule has 2 rings (SSSR count). The van der Waals surface area contributed by atoms with Gasteiger partial charge in [0.1, 0.15) is 5.84 Å². The van der Waals surface area contributed by atoms with Gasteiger partial charge in [0.15, 0.2) is 0 Å². The summed E-state index contributed by atoms with van der Waals surface area (Å²) < 4.78 is 33.0. The number of sulfonamides is 1. The van der Waals surface area contributed by atoms with Gasteiger partial charge in [0.2, 0.25) is 0 Å². The molecule has 0 aromatic heterocycles. The number of hydrogen-bond donors (Lipinski definition) is 0. The van der Waals surface area contributed by atoms with Crippen LogP contribution in [-0.4, -0.2) is 45.3 Å². The SMILES string of the molecule is CCN1CCCC1=NS(=O)(=O)c1ccc(C(=O)OC)cc1. The lowest BCUT2D eigenvalue weighted by Crippen LogP contribution is -2.25. The number of benzene rings is 1. The average Bonchev–Trinajstić information content (AvgIpc) is 2.93. The van der Waals surface area contributed by atoms with Gasteiger partial charge in [-0.05, 0) is 37.6 Å². The Morgan fingerprint density at radius 1 is 1.33 bits per heavy atom. The van der Waals surface area contributed by atoms with Crippen molar-refractivity contribution in [3.63, 3.8) is 0 Å². The Kier molecular flexibility index (Phi) is 4.62. The molecule has 0 saturated carbocycles. The highest BCUT2D eigenvalue weighted by Crippen LogP contribution is 2.18. The van der Waals surface area contributed by atoms with Crippen molar-refractivity contribution in [1.82, 2.24) is 4.90 Å². The van der Waals surface area contributed by atoms with E-state index in [4.69, 9.17) is 0 Å². The maximum Gasteiger partial charge on any atom is 0.337 e. The minimum atomic E-state index is -3.74. The predicted octanol–water partition coefficient (Wildman–Crippen LogP) is 1.68. The van der Waals surface area contributed by atoms with Crippen molar-refractivity contribution >= 4 is 21.8 Å². The smallest absolute Gasteiger partial charge is 0.337 e. The number of rotatable bonds is 4. The van der Waals surface area contributed by atoms with Gasteiger partial charge >= 0.3 is 5.97 Å². The van der Waals surface area contributed by atoms with Gasteiger partial charge in [-0.2, -0.15) is 8.42 Å². The van der Waals surface area contributed by atoms with Crippen LogP contribution in [0.25, 0.3) is 0 Å². The molecule has 0 spiro atoms. The third-order valence-corrected chi connectivity index (χ3v) is 4.69. The van der Waals surface area contributed by atoms with Crippen LogP contribution in [0.2, 0.25) is 0 Å². The molecule has 1 aliphatic rings. The molecule has 114 valence electrons. The van der Waals surface area contributed by atoms with Crippen LogP contribution in [0.15, 0.2) is 33.6 Å². The van der Waals surface area contributed by atoms with E-state index in [1.54, 1.807) is 0 Å². The Morgan fingerprint density at radius 2 is 2.00 bits per heavy atom. The topological polar surface area (TPSA) is 76.0 Å². The second-order valence-corrected chi connectivity index (χ2v) is 6.29. The van der Waals surface area contributed by atoms with E-state index in [2.05, 4.69) is 9.13 Å². The van der Waals surface area contributed by atoms with Crippen LogP contribution in [0.3, 0.4) is 0 Å². The molecule has 1 aliphatic heterocycles. The van der Waals surface area contributed by atoms with Gasteiger partial charge in [0, 0.05) is 19.5 Å². The molecular weight excluding hydrogens is 292 g/mol. The summed E-state index contributed by atoms with van der Waals surface area (Å²) in [6, 6.07) is 5.59. The van der Waals surface area contributed by atoms with E-state index >= 15 is 0 Å². The maximum absolute atomic E-state index is 12.3. The van der Waals surface area contributed by atoms with E-state index in [0.717, 1.165) is 19.5 Å². The zero-order chi connectivity index (χ0) is 15.5. The molecule has 0 N–H and O–H groups in total. The Morgan fingerprint density at radius 3 is 2.57 bits per heavy atom. The second kappa shape index (κ2) is 6.26. The fourth-order valence-electron chi connectivity index (χ4n) is 2.23. The molecule has 0 aliphatic carbocycles. The molecule has 0 radical (unpaired) electrons. The van der Waals surface area contributed by atoms with Crippen LogP contribution < -0.4 is 0 Å². The number of esters is 1. The van der Waals surface area contributed by atoms with Gasteiger partial charge in [-0.15, -0.1) is 4.40 Å². The van der Waals surface area contributed by atoms with Gasteiger partial charge in [0.05, 0.1) is 17.6 Å². The van der Waals surface area contributed by atoms with Crippen LogP contribution in [-0.2, 0) is 14.8 Å². The number of methoxy groups -OCH3 is 1. The number of ether oxygens (including phenoxy) is 1. The fraction of sp³-hybridized carbons (Fsp3) is 0.429. The van der Waals surface area contributed by atoms with Crippen LogP contribution in [0.5, 0.6) is 0 Å². The molecule has 0 amide bonds. The zero-order valence-electron chi connectivity index (χ0n) is 12.1. The van der Waals surface area contributed by atoms with E-state index in [-0.39, 0.29) is 4.90 Å². The number of likely N-dealkylation sites (tertiary alicyclic amines) is 1. The van der Waals surface area contributed by atoms with Crippen molar-refractivity contribution in [2.45, 2.75) is 24.7 Å². The summed E-state index contributed by atoms with van der Waals surface area (Å²) in [5, 5.41) is 0. The number of carbonyl (C=O) groups is 1. The molecule has 1 aromatic carbocycles. The highest BCUT2D eigenvalue weighted by molar-refractivity contribution is 7.90. The van der Waals surface area contributed by atoms with E-state index in [1.807, 2.05) is 11.8 Å². The van der Waals surface area contributed by atoms with Crippen molar-refractivity contribution in [2.24, 2.45) is 4.40 Å². The second-order valence-electron chi connectivity index (χ2n) is 4.68. The monoisotopic (exact) mass is 310 g/mol. The molecule has 1 fully saturated rings. The lowest BCUT2D eigenvalue weighted by atomic mass is 10.2. The third-order valence-electron chi connectivity index (χ3n) is 3.37. The van der Waals surface area contributed by atoms with Gasteiger partial charge in [-0.3, -0.25) is 0 Å². The molecule has 0 atom stereocenters. The first-order chi connectivity index (χ1) is 9.97. The molecule has 7 heteroatoms. The Labute approximate surface area is 124 Å². The van der Waals surface area contributed by atoms with Crippen LogP contribution in [0.4, 0.5) is 0 Å². The van der Waals surface area contributed by atoms with E-state index < -0.39 is 16.0 Å². The standard InChI is InChI=1S/C14H18N2O4S/c1-3-16-10-4-5-13(16)15-21(18,19)12-8-6-11(7-9-12)14(17)20-2/h6-9H,3-5,10H2,1-2H3. The van der Waals surface area contributed by atoms with Gasteiger partial charge in [0.25, 0.3) is 10.0 Å². The van der Waals surface area contributed by atoms with Gasteiger partial charge < -0.3 is 9.64 Å². The lowest BCUT2D eigenvalue weighted by Gasteiger charge is -2.15. The molecule has 1 saturated heterocycles. The van der Waals surface area contributed by atoms with E-state index in [9.17, 15) is 13.2 Å². The summed E-state index contributed by atoms with van der Waals surface area (Å²) in [6.45, 7) is 3.56. The summed E-state index contributed by atoms with van der Waals surface area (Å²) >= 11 is 0. The number of hydrogen-bond acceptors (Lipinski definition) is 4. The van der Waals surface area contributed by atoms with Crippen molar-refractivity contribution in [2.75, 3.05) is 20.2 Å². The number of nitrogens with zero attached hydrogens (tertiary/aromatic N) is 2. The normalized spacial score (nSPS) is 17.2. The predicted molar refractivity (Wildman–Crippen MR) is 78.9 cm³/mol. The first-order valence-electron chi connectivity index (χ1n) is 6.75. The fourth-order valence-corrected chi connectivity index (χ4v) is 3.30. The Balaban J connectivity index is 2.28. The summed E-state index contributed by atoms with van der Waals surface area (Å²) in [5.74, 6) is 0.104. The molecule has 1 aromatic rings. The Bertz CT molecular complexity index is 650. The van der Waals surface area contributed by atoms with E-state index in [0.29, 0.717) is 17.8 Å². The molecule has 6 nitrogen and oxygen atoms in total. The van der Waals surface area contributed by atoms with Crippen LogP contribution >= 0.6 is 0 Å². The molecular formula is C14H18N2O4S. The number of amidine groups is 1. The van der Waals surface area contributed by atoms with Crippen LogP contribution in [0.1, 0.15) is 30.1 Å². The maximum atomic E-state index is 12.3. The highest BCUT2D eigenvalue weighted by atomic mass is 32.2. The zero-order valence-corrected chi connectivity index (χ0v) is 12.9.